The predicted molar refractivity (Wildman–Crippen MR) is 55.3 cm³/mol. The molecular formula is C8H12FN3O2S. The van der Waals surface area contributed by atoms with Crippen molar-refractivity contribution in [2.75, 3.05) is 11.3 Å². The van der Waals surface area contributed by atoms with Crippen LogP contribution in [0.15, 0.2) is 18.3 Å². The van der Waals surface area contributed by atoms with Gasteiger partial charge < -0.3 is 5.73 Å². The van der Waals surface area contributed by atoms with Crippen molar-refractivity contribution in [2.45, 2.75) is 12.2 Å². The fourth-order valence-electron chi connectivity index (χ4n) is 0.809. The van der Waals surface area contributed by atoms with Gasteiger partial charge in [-0.05, 0) is 19.1 Å². The van der Waals surface area contributed by atoms with Crippen LogP contribution in [0.1, 0.15) is 6.92 Å². The molecule has 1 unspecified atom stereocenters. The Kier molecular flexibility index (Phi) is 3.59. The van der Waals surface area contributed by atoms with E-state index in [9.17, 15) is 12.8 Å². The first kappa shape index (κ1) is 11.9. The molecule has 0 amide bonds. The van der Waals surface area contributed by atoms with Gasteiger partial charge in [0.05, 0.1) is 11.4 Å². The Morgan fingerprint density at radius 2 is 2.27 bits per heavy atom. The number of nitrogens with zero attached hydrogens (tertiary/aromatic N) is 1. The Balaban J connectivity index is 2.82. The standard InChI is InChI=1S/C8H12FN3O2S/c1-6(4-10)15(13,14)12-8-3-2-7(9)5-11-8/h2-3,5-6H,4,10H2,1H3,(H,11,12). The van der Waals surface area contributed by atoms with Crippen LogP contribution in [-0.4, -0.2) is 25.2 Å². The summed E-state index contributed by atoms with van der Waals surface area (Å²) in [6, 6.07) is 2.37. The summed E-state index contributed by atoms with van der Waals surface area (Å²) >= 11 is 0. The van der Waals surface area contributed by atoms with Crippen LogP contribution >= 0.6 is 0 Å². The van der Waals surface area contributed by atoms with Crippen molar-refractivity contribution >= 4 is 15.8 Å². The highest BCUT2D eigenvalue weighted by Gasteiger charge is 2.19. The molecule has 0 radical (unpaired) electrons. The summed E-state index contributed by atoms with van der Waals surface area (Å²) < 4.78 is 37.7. The Bertz CT molecular complexity index is 418. The number of nitrogens with one attached hydrogen (secondary N) is 1. The van der Waals surface area contributed by atoms with Crippen LogP contribution in [-0.2, 0) is 10.0 Å². The first-order chi connectivity index (χ1) is 6.95. The highest BCUT2D eigenvalue weighted by atomic mass is 32.2. The number of sulfonamides is 1. The Hall–Kier alpha value is -1.21. The lowest BCUT2D eigenvalue weighted by molar-refractivity contribution is 0.589. The second kappa shape index (κ2) is 4.54. The molecule has 3 N–H and O–H groups in total. The monoisotopic (exact) mass is 233 g/mol. The van der Waals surface area contributed by atoms with Crippen molar-refractivity contribution in [1.29, 1.82) is 0 Å². The van der Waals surface area contributed by atoms with Gasteiger partial charge in [0.1, 0.15) is 11.6 Å². The van der Waals surface area contributed by atoms with Gasteiger partial charge in [0.25, 0.3) is 0 Å². The highest BCUT2D eigenvalue weighted by molar-refractivity contribution is 7.93. The summed E-state index contributed by atoms with van der Waals surface area (Å²) in [5.41, 5.74) is 5.24. The van der Waals surface area contributed by atoms with Crippen LogP contribution in [0.2, 0.25) is 0 Å². The summed E-state index contributed by atoms with van der Waals surface area (Å²) in [7, 11) is -3.54. The van der Waals surface area contributed by atoms with E-state index in [-0.39, 0.29) is 12.4 Å². The lowest BCUT2D eigenvalue weighted by Crippen LogP contribution is -2.31. The molecule has 84 valence electrons. The van der Waals surface area contributed by atoms with Crippen molar-refractivity contribution in [3.05, 3.63) is 24.1 Å². The normalized spacial score (nSPS) is 13.5. The molecule has 0 aromatic carbocycles. The Morgan fingerprint density at radius 1 is 1.60 bits per heavy atom. The molecule has 0 bridgehead atoms. The highest BCUT2D eigenvalue weighted by Crippen LogP contribution is 2.08. The van der Waals surface area contributed by atoms with Crippen LogP contribution in [0.4, 0.5) is 10.2 Å². The summed E-state index contributed by atoms with van der Waals surface area (Å²) in [5, 5.41) is -0.718. The van der Waals surface area contributed by atoms with E-state index < -0.39 is 21.1 Å². The van der Waals surface area contributed by atoms with Crippen molar-refractivity contribution in [2.24, 2.45) is 5.73 Å². The molecule has 7 heteroatoms. The van der Waals surface area contributed by atoms with Crippen molar-refractivity contribution < 1.29 is 12.8 Å². The largest absolute Gasteiger partial charge is 0.329 e. The molecule has 1 aromatic heterocycles. The molecule has 1 heterocycles. The van der Waals surface area contributed by atoms with Gasteiger partial charge in [-0.15, -0.1) is 0 Å². The molecule has 0 saturated heterocycles. The maximum Gasteiger partial charge on any atom is 0.237 e. The number of anilines is 1. The first-order valence-corrected chi connectivity index (χ1v) is 5.83. The lowest BCUT2D eigenvalue weighted by atomic mass is 10.5. The minimum absolute atomic E-state index is 0.0104. The number of aromatic nitrogens is 1. The zero-order chi connectivity index (χ0) is 11.5. The number of hydrogen-bond acceptors (Lipinski definition) is 4. The molecule has 0 aliphatic carbocycles. The number of hydrogen-bond donors (Lipinski definition) is 2. The van der Waals surface area contributed by atoms with Crippen LogP contribution in [0.5, 0.6) is 0 Å². The van der Waals surface area contributed by atoms with E-state index in [1.165, 1.54) is 13.0 Å². The minimum atomic E-state index is -3.54. The van der Waals surface area contributed by atoms with Gasteiger partial charge in [-0.25, -0.2) is 17.8 Å². The Morgan fingerprint density at radius 3 is 2.73 bits per heavy atom. The molecule has 15 heavy (non-hydrogen) atoms. The molecule has 1 atom stereocenters. The topological polar surface area (TPSA) is 85.1 Å². The molecule has 5 nitrogen and oxygen atoms in total. The average molecular weight is 233 g/mol. The predicted octanol–water partition coefficient (Wildman–Crippen LogP) is 0.310. The second-order valence-electron chi connectivity index (χ2n) is 3.06. The minimum Gasteiger partial charge on any atom is -0.329 e. The quantitative estimate of drug-likeness (QED) is 0.783. The smallest absolute Gasteiger partial charge is 0.237 e. The van der Waals surface area contributed by atoms with Crippen LogP contribution in [0.3, 0.4) is 0 Å². The molecule has 0 aliphatic rings. The van der Waals surface area contributed by atoms with Crippen LogP contribution in [0.25, 0.3) is 0 Å². The van der Waals surface area contributed by atoms with E-state index in [2.05, 4.69) is 9.71 Å². The third-order valence-corrected chi connectivity index (χ3v) is 3.58. The third-order valence-electron chi connectivity index (χ3n) is 1.84. The van der Waals surface area contributed by atoms with Crippen molar-refractivity contribution in [3.8, 4) is 0 Å². The zero-order valence-corrected chi connectivity index (χ0v) is 8.96. The summed E-state index contributed by atoms with van der Waals surface area (Å²) in [5.74, 6) is -0.443. The summed E-state index contributed by atoms with van der Waals surface area (Å²) in [4.78, 5) is 3.57. The lowest BCUT2D eigenvalue weighted by Gasteiger charge is -2.11. The van der Waals surface area contributed by atoms with Gasteiger partial charge in [0.15, 0.2) is 0 Å². The number of halogens is 1. The van der Waals surface area contributed by atoms with Gasteiger partial charge in [-0.3, -0.25) is 4.72 Å². The van der Waals surface area contributed by atoms with Gasteiger partial charge >= 0.3 is 0 Å². The van der Waals surface area contributed by atoms with Crippen molar-refractivity contribution in [3.63, 3.8) is 0 Å². The van der Waals surface area contributed by atoms with Crippen LogP contribution < -0.4 is 10.5 Å². The Labute approximate surface area is 87.6 Å². The SMILES string of the molecule is CC(CN)S(=O)(=O)Nc1ccc(F)cn1. The molecular weight excluding hydrogens is 221 g/mol. The van der Waals surface area contributed by atoms with Crippen LogP contribution in [0, 0.1) is 5.82 Å². The zero-order valence-electron chi connectivity index (χ0n) is 8.14. The van der Waals surface area contributed by atoms with E-state index in [1.807, 2.05) is 0 Å². The number of rotatable bonds is 4. The summed E-state index contributed by atoms with van der Waals surface area (Å²) in [6.45, 7) is 1.49. The van der Waals surface area contributed by atoms with Crippen molar-refractivity contribution in [1.82, 2.24) is 4.98 Å². The molecule has 1 rings (SSSR count). The van der Waals surface area contributed by atoms with Gasteiger partial charge in [-0.1, -0.05) is 0 Å². The maximum absolute atomic E-state index is 12.5. The molecule has 0 aliphatic heterocycles. The third kappa shape index (κ3) is 3.14. The molecule has 0 spiro atoms. The van der Waals surface area contributed by atoms with Gasteiger partial charge in [0, 0.05) is 6.54 Å². The van der Waals surface area contributed by atoms with Gasteiger partial charge in [0.2, 0.25) is 10.0 Å². The van der Waals surface area contributed by atoms with E-state index in [0.29, 0.717) is 0 Å². The fraction of sp³-hybridized carbons (Fsp3) is 0.375. The molecule has 0 saturated carbocycles. The van der Waals surface area contributed by atoms with E-state index in [1.54, 1.807) is 0 Å². The van der Waals surface area contributed by atoms with E-state index in [0.717, 1.165) is 12.3 Å². The molecule has 1 aromatic rings. The van der Waals surface area contributed by atoms with Gasteiger partial charge in [-0.2, -0.15) is 0 Å². The molecule has 0 fully saturated rings. The number of nitrogens with two attached hydrogens (primary N) is 1. The van der Waals surface area contributed by atoms with E-state index in [4.69, 9.17) is 5.73 Å². The number of pyridine rings is 1. The second-order valence-corrected chi connectivity index (χ2v) is 5.15. The average Bonchev–Trinajstić information content (AvgIpc) is 2.20. The summed E-state index contributed by atoms with van der Waals surface area (Å²) in [6.07, 6.45) is 0.935. The fourth-order valence-corrected chi connectivity index (χ4v) is 1.68. The first-order valence-electron chi connectivity index (χ1n) is 4.29. The van der Waals surface area contributed by atoms with E-state index >= 15 is 0 Å². The maximum atomic E-state index is 12.5.